The molecule has 0 fully saturated rings. The number of fused-ring (bicyclic) bond motifs is 1. The SMILES string of the molecule is COc1ccc(/C=N\NC(=O)CCc2nc3ccccc3[nH]c2=O)cc1. The molecular weight excluding hydrogens is 332 g/mol. The second kappa shape index (κ2) is 8.06. The maximum Gasteiger partial charge on any atom is 0.270 e. The molecule has 0 atom stereocenters. The molecule has 3 aromatic rings. The number of hydrogen-bond acceptors (Lipinski definition) is 5. The molecule has 2 N–H and O–H groups in total. The number of rotatable bonds is 6. The minimum absolute atomic E-state index is 0.119. The molecule has 0 aliphatic rings. The number of carbonyl (C=O) groups excluding carboxylic acids is 1. The largest absolute Gasteiger partial charge is 0.497 e. The Morgan fingerprint density at radius 3 is 2.77 bits per heavy atom. The molecule has 26 heavy (non-hydrogen) atoms. The maximum atomic E-state index is 12.0. The Hall–Kier alpha value is -3.48. The number of amides is 1. The van der Waals surface area contributed by atoms with Gasteiger partial charge in [-0.2, -0.15) is 5.10 Å². The van der Waals surface area contributed by atoms with Gasteiger partial charge < -0.3 is 9.72 Å². The van der Waals surface area contributed by atoms with Gasteiger partial charge in [-0.1, -0.05) is 12.1 Å². The van der Waals surface area contributed by atoms with E-state index in [4.69, 9.17) is 4.74 Å². The summed E-state index contributed by atoms with van der Waals surface area (Å²) in [7, 11) is 1.60. The van der Waals surface area contributed by atoms with E-state index in [1.165, 1.54) is 0 Å². The van der Waals surface area contributed by atoms with E-state index < -0.39 is 0 Å². The fourth-order valence-corrected chi connectivity index (χ4v) is 2.39. The lowest BCUT2D eigenvalue weighted by molar-refractivity contribution is -0.121. The van der Waals surface area contributed by atoms with Gasteiger partial charge in [-0.25, -0.2) is 10.4 Å². The van der Waals surface area contributed by atoms with Crippen molar-refractivity contribution < 1.29 is 9.53 Å². The van der Waals surface area contributed by atoms with Crippen molar-refractivity contribution in [2.24, 2.45) is 5.10 Å². The van der Waals surface area contributed by atoms with E-state index in [-0.39, 0.29) is 24.3 Å². The Bertz CT molecular complexity index is 994. The molecule has 0 saturated heterocycles. The lowest BCUT2D eigenvalue weighted by atomic mass is 10.2. The zero-order valence-corrected chi connectivity index (χ0v) is 14.2. The molecule has 2 aromatic carbocycles. The van der Waals surface area contributed by atoms with E-state index >= 15 is 0 Å². The van der Waals surface area contributed by atoms with Crippen LogP contribution in [-0.2, 0) is 11.2 Å². The van der Waals surface area contributed by atoms with Crippen LogP contribution in [0.25, 0.3) is 11.0 Å². The van der Waals surface area contributed by atoms with Gasteiger partial charge in [-0.15, -0.1) is 0 Å². The first-order chi connectivity index (χ1) is 12.7. The fraction of sp³-hybridized carbons (Fsp3) is 0.158. The standard InChI is InChI=1S/C19H18N4O3/c1-26-14-8-6-13(7-9-14)12-20-23-18(24)11-10-17-19(25)22-16-5-3-2-4-15(16)21-17/h2-9,12H,10-11H2,1H3,(H,22,25)(H,23,24)/b20-12-. The van der Waals surface area contributed by atoms with Crippen LogP contribution in [0.4, 0.5) is 0 Å². The molecular formula is C19H18N4O3. The average Bonchev–Trinajstić information content (AvgIpc) is 2.67. The topological polar surface area (TPSA) is 96.4 Å². The number of para-hydroxylation sites is 2. The lowest BCUT2D eigenvalue weighted by Gasteiger charge is -2.02. The number of H-pyrrole nitrogens is 1. The molecule has 1 heterocycles. The van der Waals surface area contributed by atoms with Gasteiger partial charge in [0.2, 0.25) is 5.91 Å². The molecule has 7 nitrogen and oxygen atoms in total. The van der Waals surface area contributed by atoms with Crippen LogP contribution >= 0.6 is 0 Å². The number of nitrogens with zero attached hydrogens (tertiary/aromatic N) is 2. The van der Waals surface area contributed by atoms with Crippen LogP contribution in [0.2, 0.25) is 0 Å². The van der Waals surface area contributed by atoms with Gasteiger partial charge in [-0.05, 0) is 42.0 Å². The summed E-state index contributed by atoms with van der Waals surface area (Å²) in [5, 5.41) is 3.91. The first-order valence-corrected chi connectivity index (χ1v) is 8.09. The first-order valence-electron chi connectivity index (χ1n) is 8.09. The molecule has 132 valence electrons. The molecule has 3 rings (SSSR count). The Kier molecular flexibility index (Phi) is 5.38. The molecule has 0 spiro atoms. The van der Waals surface area contributed by atoms with E-state index in [9.17, 15) is 9.59 Å². The van der Waals surface area contributed by atoms with E-state index in [0.717, 1.165) is 11.3 Å². The third-order valence-electron chi connectivity index (χ3n) is 3.78. The highest BCUT2D eigenvalue weighted by Crippen LogP contribution is 2.09. The second-order valence-corrected chi connectivity index (χ2v) is 5.60. The summed E-state index contributed by atoms with van der Waals surface area (Å²) in [5.74, 6) is 0.461. The van der Waals surface area contributed by atoms with Crippen molar-refractivity contribution in [1.82, 2.24) is 15.4 Å². The summed E-state index contributed by atoms with van der Waals surface area (Å²) in [6.45, 7) is 0. The highest BCUT2D eigenvalue weighted by molar-refractivity contribution is 5.82. The van der Waals surface area contributed by atoms with Crippen LogP contribution in [0.5, 0.6) is 5.75 Å². The summed E-state index contributed by atoms with van der Waals surface area (Å²) in [5.41, 5.74) is 4.70. The van der Waals surface area contributed by atoms with Crippen molar-refractivity contribution in [3.63, 3.8) is 0 Å². The summed E-state index contributed by atoms with van der Waals surface area (Å²) in [4.78, 5) is 31.0. The van der Waals surface area contributed by atoms with Crippen LogP contribution < -0.4 is 15.7 Å². The number of aromatic nitrogens is 2. The molecule has 1 aromatic heterocycles. The zero-order valence-electron chi connectivity index (χ0n) is 14.2. The number of hydrazone groups is 1. The Labute approximate surface area is 149 Å². The van der Waals surface area contributed by atoms with E-state index in [1.807, 2.05) is 30.3 Å². The molecule has 0 unspecified atom stereocenters. The predicted molar refractivity (Wildman–Crippen MR) is 99.4 cm³/mol. The van der Waals surface area contributed by atoms with E-state index in [2.05, 4.69) is 20.5 Å². The van der Waals surface area contributed by atoms with Crippen LogP contribution in [-0.4, -0.2) is 29.2 Å². The molecule has 0 radical (unpaired) electrons. The molecule has 0 bridgehead atoms. The number of aryl methyl sites for hydroxylation is 1. The quantitative estimate of drug-likeness (QED) is 0.525. The highest BCUT2D eigenvalue weighted by atomic mass is 16.5. The monoisotopic (exact) mass is 350 g/mol. The van der Waals surface area contributed by atoms with E-state index in [1.54, 1.807) is 31.5 Å². The van der Waals surface area contributed by atoms with Crippen LogP contribution in [0.1, 0.15) is 17.7 Å². The summed E-state index contributed by atoms with van der Waals surface area (Å²) >= 11 is 0. The minimum atomic E-state index is -0.288. The number of methoxy groups -OCH3 is 1. The highest BCUT2D eigenvalue weighted by Gasteiger charge is 2.07. The van der Waals surface area contributed by atoms with Crippen molar-refractivity contribution in [2.45, 2.75) is 12.8 Å². The van der Waals surface area contributed by atoms with Crippen molar-refractivity contribution in [3.05, 3.63) is 70.1 Å². The second-order valence-electron chi connectivity index (χ2n) is 5.60. The van der Waals surface area contributed by atoms with Crippen LogP contribution in [0.15, 0.2) is 58.4 Å². The maximum absolute atomic E-state index is 12.0. The normalized spacial score (nSPS) is 11.0. The van der Waals surface area contributed by atoms with Crippen molar-refractivity contribution >= 4 is 23.2 Å². The van der Waals surface area contributed by atoms with Gasteiger partial charge in [0.05, 0.1) is 24.4 Å². The summed E-state index contributed by atoms with van der Waals surface area (Å²) in [6.07, 6.45) is 1.90. The van der Waals surface area contributed by atoms with Crippen LogP contribution in [0.3, 0.4) is 0 Å². The summed E-state index contributed by atoms with van der Waals surface area (Å²) < 4.78 is 5.07. The number of aromatic amines is 1. The van der Waals surface area contributed by atoms with Crippen molar-refractivity contribution in [3.8, 4) is 5.75 Å². The molecule has 0 aliphatic heterocycles. The van der Waals surface area contributed by atoms with E-state index in [0.29, 0.717) is 16.7 Å². The van der Waals surface area contributed by atoms with Crippen LogP contribution in [0, 0.1) is 0 Å². The van der Waals surface area contributed by atoms with Gasteiger partial charge in [0.1, 0.15) is 11.4 Å². The van der Waals surface area contributed by atoms with Gasteiger partial charge in [0, 0.05) is 12.8 Å². The minimum Gasteiger partial charge on any atom is -0.497 e. The Morgan fingerprint density at radius 1 is 1.23 bits per heavy atom. The zero-order chi connectivity index (χ0) is 18.4. The van der Waals surface area contributed by atoms with Gasteiger partial charge in [0.25, 0.3) is 5.56 Å². The van der Waals surface area contributed by atoms with Crippen molar-refractivity contribution in [1.29, 1.82) is 0 Å². The Balaban J connectivity index is 1.56. The number of benzene rings is 2. The predicted octanol–water partition coefficient (Wildman–Crippen LogP) is 2.01. The number of ether oxygens (including phenoxy) is 1. The number of hydrogen-bond donors (Lipinski definition) is 2. The molecule has 1 amide bonds. The van der Waals surface area contributed by atoms with Gasteiger partial charge in [-0.3, -0.25) is 9.59 Å². The third-order valence-corrected chi connectivity index (χ3v) is 3.78. The molecule has 7 heteroatoms. The van der Waals surface area contributed by atoms with Gasteiger partial charge >= 0.3 is 0 Å². The number of carbonyl (C=O) groups is 1. The smallest absolute Gasteiger partial charge is 0.270 e. The fourth-order valence-electron chi connectivity index (χ4n) is 2.39. The summed E-state index contributed by atoms with van der Waals surface area (Å²) in [6, 6.07) is 14.5. The van der Waals surface area contributed by atoms with Gasteiger partial charge in [0.15, 0.2) is 0 Å². The average molecular weight is 350 g/mol. The number of nitrogens with one attached hydrogen (secondary N) is 2. The third kappa shape index (κ3) is 4.32. The lowest BCUT2D eigenvalue weighted by Crippen LogP contribution is -2.21. The van der Waals surface area contributed by atoms with Crippen molar-refractivity contribution in [2.75, 3.05) is 7.11 Å². The Morgan fingerprint density at radius 2 is 2.00 bits per heavy atom. The first kappa shape index (κ1) is 17.3. The molecule has 0 aliphatic carbocycles. The molecule has 0 saturated carbocycles.